The number of hydrogen-bond donors (Lipinski definition) is 1. The summed E-state index contributed by atoms with van der Waals surface area (Å²) in [4.78, 5) is 0. The SMILES string of the molecule is c1c(C2CCC2)n[nH]c1C1CCC1. The first-order valence-electron chi connectivity index (χ1n) is 5.48. The maximum Gasteiger partial charge on any atom is 0.0655 e. The first-order chi connectivity index (χ1) is 6.43. The van der Waals surface area contributed by atoms with E-state index in [4.69, 9.17) is 0 Å². The van der Waals surface area contributed by atoms with Crippen LogP contribution >= 0.6 is 0 Å². The molecule has 2 fully saturated rings. The van der Waals surface area contributed by atoms with Crippen LogP contribution in [0.1, 0.15) is 61.7 Å². The van der Waals surface area contributed by atoms with Crippen molar-refractivity contribution in [2.45, 2.75) is 50.4 Å². The Balaban J connectivity index is 1.76. The summed E-state index contributed by atoms with van der Waals surface area (Å²) >= 11 is 0. The highest BCUT2D eigenvalue weighted by Crippen LogP contribution is 2.39. The number of hydrogen-bond acceptors (Lipinski definition) is 1. The van der Waals surface area contributed by atoms with E-state index in [1.807, 2.05) is 0 Å². The Kier molecular flexibility index (Phi) is 1.67. The lowest BCUT2D eigenvalue weighted by molar-refractivity contribution is 0.410. The summed E-state index contributed by atoms with van der Waals surface area (Å²) in [7, 11) is 0. The quantitative estimate of drug-likeness (QED) is 0.737. The van der Waals surface area contributed by atoms with E-state index in [0.717, 1.165) is 11.8 Å². The Hall–Kier alpha value is -0.790. The minimum atomic E-state index is 0.782. The fourth-order valence-electron chi connectivity index (χ4n) is 2.19. The topological polar surface area (TPSA) is 28.7 Å². The molecule has 0 bridgehead atoms. The molecule has 0 amide bonds. The predicted molar refractivity (Wildman–Crippen MR) is 51.8 cm³/mol. The molecule has 1 aromatic rings. The molecule has 3 rings (SSSR count). The van der Waals surface area contributed by atoms with Crippen molar-refractivity contribution in [2.24, 2.45) is 0 Å². The van der Waals surface area contributed by atoms with Gasteiger partial charge in [-0.3, -0.25) is 5.10 Å². The fraction of sp³-hybridized carbons (Fsp3) is 0.727. The van der Waals surface area contributed by atoms with Gasteiger partial charge in [-0.2, -0.15) is 5.10 Å². The van der Waals surface area contributed by atoms with Crippen LogP contribution in [0.25, 0.3) is 0 Å². The van der Waals surface area contributed by atoms with Gasteiger partial charge in [0, 0.05) is 17.5 Å². The van der Waals surface area contributed by atoms with Gasteiger partial charge in [0.05, 0.1) is 5.69 Å². The smallest absolute Gasteiger partial charge is 0.0655 e. The van der Waals surface area contributed by atoms with Gasteiger partial charge in [0.15, 0.2) is 0 Å². The van der Waals surface area contributed by atoms with Crippen LogP contribution in [0.2, 0.25) is 0 Å². The van der Waals surface area contributed by atoms with E-state index < -0.39 is 0 Å². The minimum absolute atomic E-state index is 0.782. The van der Waals surface area contributed by atoms with Gasteiger partial charge >= 0.3 is 0 Å². The summed E-state index contributed by atoms with van der Waals surface area (Å²) in [6, 6.07) is 2.31. The minimum Gasteiger partial charge on any atom is -0.282 e. The van der Waals surface area contributed by atoms with Gasteiger partial charge < -0.3 is 0 Å². The van der Waals surface area contributed by atoms with Gasteiger partial charge in [0.25, 0.3) is 0 Å². The third kappa shape index (κ3) is 1.19. The molecule has 0 spiro atoms. The summed E-state index contributed by atoms with van der Waals surface area (Å²) < 4.78 is 0. The van der Waals surface area contributed by atoms with E-state index in [-0.39, 0.29) is 0 Å². The Morgan fingerprint density at radius 1 is 1.08 bits per heavy atom. The van der Waals surface area contributed by atoms with Crippen molar-refractivity contribution in [3.05, 3.63) is 17.5 Å². The number of aromatic amines is 1. The largest absolute Gasteiger partial charge is 0.282 e. The van der Waals surface area contributed by atoms with Crippen molar-refractivity contribution in [3.8, 4) is 0 Å². The number of rotatable bonds is 2. The van der Waals surface area contributed by atoms with Crippen LogP contribution in [0, 0.1) is 0 Å². The monoisotopic (exact) mass is 176 g/mol. The normalized spacial score (nSPS) is 24.0. The van der Waals surface area contributed by atoms with Gasteiger partial charge in [-0.1, -0.05) is 12.8 Å². The third-order valence-electron chi connectivity index (χ3n) is 3.69. The molecule has 2 nitrogen and oxygen atoms in total. The van der Waals surface area contributed by atoms with E-state index in [0.29, 0.717) is 0 Å². The molecule has 2 aliphatic carbocycles. The van der Waals surface area contributed by atoms with Crippen LogP contribution in [0.3, 0.4) is 0 Å². The molecule has 13 heavy (non-hydrogen) atoms. The highest BCUT2D eigenvalue weighted by Gasteiger charge is 2.25. The zero-order chi connectivity index (χ0) is 8.67. The summed E-state index contributed by atoms with van der Waals surface area (Å²) in [5, 5.41) is 7.62. The second-order valence-corrected chi connectivity index (χ2v) is 4.50. The van der Waals surface area contributed by atoms with E-state index in [2.05, 4.69) is 16.3 Å². The molecular formula is C11H16N2. The number of aromatic nitrogens is 2. The van der Waals surface area contributed by atoms with Crippen molar-refractivity contribution in [2.75, 3.05) is 0 Å². The maximum absolute atomic E-state index is 4.42. The van der Waals surface area contributed by atoms with Crippen LogP contribution in [0.5, 0.6) is 0 Å². The molecule has 70 valence electrons. The summed E-state index contributed by atoms with van der Waals surface area (Å²) in [6.45, 7) is 0. The lowest BCUT2D eigenvalue weighted by atomic mass is 9.80. The molecule has 1 N–H and O–H groups in total. The van der Waals surface area contributed by atoms with E-state index in [9.17, 15) is 0 Å². The Morgan fingerprint density at radius 3 is 2.31 bits per heavy atom. The zero-order valence-corrected chi connectivity index (χ0v) is 7.92. The van der Waals surface area contributed by atoms with Crippen LogP contribution < -0.4 is 0 Å². The first kappa shape index (κ1) is 7.60. The van der Waals surface area contributed by atoms with Crippen molar-refractivity contribution in [1.82, 2.24) is 10.2 Å². The summed E-state index contributed by atoms with van der Waals surface area (Å²) in [5.41, 5.74) is 2.72. The predicted octanol–water partition coefficient (Wildman–Crippen LogP) is 2.94. The van der Waals surface area contributed by atoms with Crippen LogP contribution in [-0.4, -0.2) is 10.2 Å². The van der Waals surface area contributed by atoms with Gasteiger partial charge in [-0.15, -0.1) is 0 Å². The van der Waals surface area contributed by atoms with Crippen molar-refractivity contribution < 1.29 is 0 Å². The lowest BCUT2D eigenvalue weighted by Gasteiger charge is -2.24. The molecule has 2 aliphatic rings. The van der Waals surface area contributed by atoms with Crippen LogP contribution in [0.4, 0.5) is 0 Å². The van der Waals surface area contributed by atoms with Gasteiger partial charge in [-0.05, 0) is 31.7 Å². The molecule has 2 heteroatoms. The van der Waals surface area contributed by atoms with E-state index in [1.54, 1.807) is 0 Å². The van der Waals surface area contributed by atoms with Crippen LogP contribution in [0.15, 0.2) is 6.07 Å². The Bertz CT molecular complexity index is 266. The van der Waals surface area contributed by atoms with E-state index >= 15 is 0 Å². The van der Waals surface area contributed by atoms with E-state index in [1.165, 1.54) is 49.9 Å². The zero-order valence-electron chi connectivity index (χ0n) is 7.92. The average molecular weight is 176 g/mol. The number of H-pyrrole nitrogens is 1. The Labute approximate surface area is 78.7 Å². The second-order valence-electron chi connectivity index (χ2n) is 4.50. The van der Waals surface area contributed by atoms with Crippen molar-refractivity contribution in [3.63, 3.8) is 0 Å². The molecule has 1 aromatic heterocycles. The molecule has 0 radical (unpaired) electrons. The molecule has 0 atom stereocenters. The molecule has 0 aliphatic heterocycles. The molecule has 0 aromatic carbocycles. The first-order valence-corrected chi connectivity index (χ1v) is 5.48. The Morgan fingerprint density at radius 2 is 1.77 bits per heavy atom. The van der Waals surface area contributed by atoms with Crippen LogP contribution in [-0.2, 0) is 0 Å². The van der Waals surface area contributed by atoms with Gasteiger partial charge in [0.1, 0.15) is 0 Å². The lowest BCUT2D eigenvalue weighted by Crippen LogP contribution is -2.09. The molecule has 0 unspecified atom stereocenters. The molecule has 1 heterocycles. The standard InChI is InChI=1S/C11H16N2/c1-3-8(4-1)10-7-11(13-12-10)9-5-2-6-9/h7-9H,1-6H2,(H,12,13). The van der Waals surface area contributed by atoms with Crippen molar-refractivity contribution >= 4 is 0 Å². The fourth-order valence-corrected chi connectivity index (χ4v) is 2.19. The maximum atomic E-state index is 4.42. The summed E-state index contributed by atoms with van der Waals surface area (Å²) in [5.74, 6) is 1.59. The number of nitrogens with zero attached hydrogens (tertiary/aromatic N) is 1. The molecule has 2 saturated carbocycles. The van der Waals surface area contributed by atoms with Gasteiger partial charge in [-0.25, -0.2) is 0 Å². The van der Waals surface area contributed by atoms with Gasteiger partial charge in [0.2, 0.25) is 0 Å². The second kappa shape index (κ2) is 2.86. The summed E-state index contributed by atoms with van der Waals surface area (Å²) in [6.07, 6.45) is 8.25. The highest BCUT2D eigenvalue weighted by atomic mass is 15.1. The number of nitrogens with one attached hydrogen (secondary N) is 1. The highest BCUT2D eigenvalue weighted by molar-refractivity contribution is 5.19. The van der Waals surface area contributed by atoms with Crippen molar-refractivity contribution in [1.29, 1.82) is 0 Å². The molecular weight excluding hydrogens is 160 g/mol. The average Bonchev–Trinajstić information content (AvgIpc) is 2.29. The third-order valence-corrected chi connectivity index (χ3v) is 3.69. The molecule has 0 saturated heterocycles.